The van der Waals surface area contributed by atoms with E-state index in [1.807, 2.05) is 0 Å². The molecule has 1 saturated carbocycles. The van der Waals surface area contributed by atoms with Gasteiger partial charge in [-0.2, -0.15) is 0 Å². The van der Waals surface area contributed by atoms with Crippen molar-refractivity contribution in [2.45, 2.75) is 57.5 Å². The molecule has 0 bridgehead atoms. The molecule has 1 N–H and O–H groups in total. The van der Waals surface area contributed by atoms with Crippen LogP contribution < -0.4 is 5.32 Å². The van der Waals surface area contributed by atoms with Crippen molar-refractivity contribution >= 4 is 0 Å². The third kappa shape index (κ3) is 3.32. The van der Waals surface area contributed by atoms with E-state index < -0.39 is 0 Å². The summed E-state index contributed by atoms with van der Waals surface area (Å²) in [5.41, 5.74) is 0. The average molecular weight is 236 g/mol. The molecule has 2 atom stereocenters. The number of nitrogens with one attached hydrogen (secondary N) is 1. The summed E-state index contributed by atoms with van der Waals surface area (Å²) < 4.78 is 0. The van der Waals surface area contributed by atoms with Gasteiger partial charge >= 0.3 is 0 Å². The molecule has 0 aromatic heterocycles. The van der Waals surface area contributed by atoms with E-state index in [2.05, 4.69) is 29.8 Å². The van der Waals surface area contributed by atoms with Crippen LogP contribution in [0.15, 0.2) is 12.7 Å². The molecule has 98 valence electrons. The Hall–Kier alpha value is -0.340. The lowest BCUT2D eigenvalue weighted by molar-refractivity contribution is 0.104. The molecule has 0 aromatic carbocycles. The van der Waals surface area contributed by atoms with Crippen LogP contribution >= 0.6 is 0 Å². The number of hydrogen-bond donors (Lipinski definition) is 1. The zero-order valence-corrected chi connectivity index (χ0v) is 11.3. The largest absolute Gasteiger partial charge is 0.311 e. The van der Waals surface area contributed by atoms with Crippen LogP contribution in [0, 0.1) is 5.92 Å². The first kappa shape index (κ1) is 13.1. The SMILES string of the molecule is C=CCN1CC(C2CCCCC2)NCC1CC. The van der Waals surface area contributed by atoms with Crippen molar-refractivity contribution in [3.63, 3.8) is 0 Å². The van der Waals surface area contributed by atoms with Crippen molar-refractivity contribution in [2.24, 2.45) is 5.92 Å². The summed E-state index contributed by atoms with van der Waals surface area (Å²) in [6.45, 7) is 9.66. The Morgan fingerprint density at radius 3 is 2.71 bits per heavy atom. The topological polar surface area (TPSA) is 15.3 Å². The number of piperazine rings is 1. The van der Waals surface area contributed by atoms with Crippen molar-refractivity contribution in [3.05, 3.63) is 12.7 Å². The average Bonchev–Trinajstić information content (AvgIpc) is 2.40. The molecular weight excluding hydrogens is 208 g/mol. The van der Waals surface area contributed by atoms with Crippen molar-refractivity contribution in [3.8, 4) is 0 Å². The van der Waals surface area contributed by atoms with Crippen molar-refractivity contribution < 1.29 is 0 Å². The molecule has 0 aromatic rings. The fourth-order valence-corrected chi connectivity index (χ4v) is 3.53. The van der Waals surface area contributed by atoms with Crippen LogP contribution in [0.3, 0.4) is 0 Å². The summed E-state index contributed by atoms with van der Waals surface area (Å²) >= 11 is 0. The smallest absolute Gasteiger partial charge is 0.0224 e. The zero-order valence-electron chi connectivity index (χ0n) is 11.3. The third-order valence-electron chi connectivity index (χ3n) is 4.62. The van der Waals surface area contributed by atoms with Crippen LogP contribution in [0.4, 0.5) is 0 Å². The molecule has 1 saturated heterocycles. The third-order valence-corrected chi connectivity index (χ3v) is 4.62. The lowest BCUT2D eigenvalue weighted by Gasteiger charge is -2.43. The number of rotatable bonds is 4. The van der Waals surface area contributed by atoms with Gasteiger partial charge in [0.15, 0.2) is 0 Å². The second-order valence-corrected chi connectivity index (χ2v) is 5.72. The summed E-state index contributed by atoms with van der Waals surface area (Å²) in [6, 6.07) is 1.45. The van der Waals surface area contributed by atoms with E-state index in [9.17, 15) is 0 Å². The fraction of sp³-hybridized carbons (Fsp3) is 0.867. The van der Waals surface area contributed by atoms with Gasteiger partial charge in [-0.05, 0) is 25.2 Å². The molecule has 2 aliphatic rings. The van der Waals surface area contributed by atoms with E-state index >= 15 is 0 Å². The van der Waals surface area contributed by atoms with E-state index in [1.165, 1.54) is 51.6 Å². The van der Waals surface area contributed by atoms with Gasteiger partial charge in [-0.15, -0.1) is 6.58 Å². The molecule has 1 heterocycles. The second kappa shape index (κ2) is 6.55. The molecular formula is C15H28N2. The first-order chi connectivity index (χ1) is 8.35. The predicted octanol–water partition coefficient (Wildman–Crippen LogP) is 2.81. The van der Waals surface area contributed by atoms with E-state index in [0.29, 0.717) is 6.04 Å². The highest BCUT2D eigenvalue weighted by Crippen LogP contribution is 2.28. The lowest BCUT2D eigenvalue weighted by atomic mass is 9.82. The van der Waals surface area contributed by atoms with Crippen LogP contribution in [-0.4, -0.2) is 36.6 Å². The van der Waals surface area contributed by atoms with E-state index in [1.54, 1.807) is 0 Å². The minimum absolute atomic E-state index is 0.716. The monoisotopic (exact) mass is 236 g/mol. The normalized spacial score (nSPS) is 32.5. The van der Waals surface area contributed by atoms with Gasteiger partial charge in [0.2, 0.25) is 0 Å². The molecule has 2 fully saturated rings. The van der Waals surface area contributed by atoms with Crippen LogP contribution in [-0.2, 0) is 0 Å². The molecule has 0 radical (unpaired) electrons. The quantitative estimate of drug-likeness (QED) is 0.755. The maximum absolute atomic E-state index is 3.90. The maximum Gasteiger partial charge on any atom is 0.0224 e. The van der Waals surface area contributed by atoms with Gasteiger partial charge in [0, 0.05) is 31.7 Å². The van der Waals surface area contributed by atoms with Crippen LogP contribution in [0.1, 0.15) is 45.4 Å². The maximum atomic E-state index is 3.90. The molecule has 2 unspecified atom stereocenters. The fourth-order valence-electron chi connectivity index (χ4n) is 3.53. The van der Waals surface area contributed by atoms with Gasteiger partial charge in [-0.3, -0.25) is 4.90 Å². The Kier molecular flexibility index (Phi) is 5.05. The molecule has 0 spiro atoms. The van der Waals surface area contributed by atoms with Crippen molar-refractivity contribution in [1.82, 2.24) is 10.2 Å². The predicted molar refractivity (Wildman–Crippen MR) is 74.2 cm³/mol. The molecule has 2 heteroatoms. The minimum Gasteiger partial charge on any atom is -0.311 e. The number of hydrogen-bond acceptors (Lipinski definition) is 2. The molecule has 2 rings (SSSR count). The van der Waals surface area contributed by atoms with Crippen molar-refractivity contribution in [1.29, 1.82) is 0 Å². The van der Waals surface area contributed by atoms with Gasteiger partial charge < -0.3 is 5.32 Å². The zero-order chi connectivity index (χ0) is 12.1. The van der Waals surface area contributed by atoms with E-state index in [0.717, 1.165) is 18.5 Å². The summed E-state index contributed by atoms with van der Waals surface area (Å²) in [5.74, 6) is 0.925. The Morgan fingerprint density at radius 1 is 1.29 bits per heavy atom. The standard InChI is InChI=1S/C15H28N2/c1-3-10-17-12-15(16-11-14(17)4-2)13-8-6-5-7-9-13/h3,13-16H,1,4-12H2,2H3. The molecule has 1 aliphatic carbocycles. The van der Waals surface area contributed by atoms with E-state index in [-0.39, 0.29) is 0 Å². The number of nitrogens with zero attached hydrogens (tertiary/aromatic N) is 1. The van der Waals surface area contributed by atoms with Crippen LogP contribution in [0.5, 0.6) is 0 Å². The summed E-state index contributed by atoms with van der Waals surface area (Å²) in [4.78, 5) is 2.63. The minimum atomic E-state index is 0.716. The second-order valence-electron chi connectivity index (χ2n) is 5.72. The van der Waals surface area contributed by atoms with Crippen LogP contribution in [0.2, 0.25) is 0 Å². The van der Waals surface area contributed by atoms with E-state index in [4.69, 9.17) is 0 Å². The van der Waals surface area contributed by atoms with Crippen LogP contribution in [0.25, 0.3) is 0 Å². The van der Waals surface area contributed by atoms with Gasteiger partial charge in [0.05, 0.1) is 0 Å². The van der Waals surface area contributed by atoms with Gasteiger partial charge in [-0.1, -0.05) is 32.3 Å². The Bertz CT molecular complexity index is 233. The Labute approximate surface area is 106 Å². The molecule has 2 nitrogen and oxygen atoms in total. The Morgan fingerprint density at radius 2 is 2.06 bits per heavy atom. The molecule has 0 amide bonds. The summed E-state index contributed by atoms with van der Waals surface area (Å²) in [7, 11) is 0. The summed E-state index contributed by atoms with van der Waals surface area (Å²) in [6.07, 6.45) is 10.5. The molecule has 1 aliphatic heterocycles. The first-order valence-corrected chi connectivity index (χ1v) is 7.43. The highest BCUT2D eigenvalue weighted by Gasteiger charge is 2.31. The van der Waals surface area contributed by atoms with Gasteiger partial charge in [0.25, 0.3) is 0 Å². The van der Waals surface area contributed by atoms with Crippen molar-refractivity contribution in [2.75, 3.05) is 19.6 Å². The highest BCUT2D eigenvalue weighted by molar-refractivity contribution is 4.92. The van der Waals surface area contributed by atoms with Gasteiger partial charge in [-0.25, -0.2) is 0 Å². The lowest BCUT2D eigenvalue weighted by Crippen LogP contribution is -2.58. The first-order valence-electron chi connectivity index (χ1n) is 7.43. The molecule has 17 heavy (non-hydrogen) atoms. The Balaban J connectivity index is 1.90. The van der Waals surface area contributed by atoms with Gasteiger partial charge in [0.1, 0.15) is 0 Å². The summed E-state index contributed by atoms with van der Waals surface area (Å²) in [5, 5.41) is 3.80. The highest BCUT2D eigenvalue weighted by atomic mass is 15.2.